The Morgan fingerprint density at radius 3 is 2.27 bits per heavy atom. The molecule has 1 aromatic carbocycles. The fraction of sp³-hybridized carbons (Fsp3) is 0.550. The predicted octanol–water partition coefficient (Wildman–Crippen LogP) is 4.55. The summed E-state index contributed by atoms with van der Waals surface area (Å²) < 4.78 is 23.6. The lowest BCUT2D eigenvalue weighted by atomic mass is 9.98. The minimum Gasteiger partial charge on any atom is -0.461 e. The minimum absolute atomic E-state index is 0.00855. The molecule has 0 amide bonds. The third-order valence-electron chi connectivity index (χ3n) is 3.73. The third-order valence-corrected chi connectivity index (χ3v) is 6.40. The van der Waals surface area contributed by atoms with E-state index >= 15 is 0 Å². The number of benzene rings is 1. The van der Waals surface area contributed by atoms with E-state index in [1.54, 1.807) is 6.08 Å². The summed E-state index contributed by atoms with van der Waals surface area (Å²) >= 11 is 0. The molecule has 0 aliphatic rings. The van der Waals surface area contributed by atoms with Crippen molar-refractivity contribution in [3.05, 3.63) is 42.0 Å². The van der Waals surface area contributed by atoms with Crippen molar-refractivity contribution in [1.82, 2.24) is 0 Å². The van der Waals surface area contributed by atoms with E-state index in [-0.39, 0.29) is 18.3 Å². The van der Waals surface area contributed by atoms with Gasteiger partial charge in [-0.05, 0) is 52.7 Å². The van der Waals surface area contributed by atoms with Crippen molar-refractivity contribution in [2.24, 2.45) is 5.41 Å². The van der Waals surface area contributed by atoms with Crippen molar-refractivity contribution in [1.29, 1.82) is 0 Å². The highest BCUT2D eigenvalue weighted by molar-refractivity contribution is 6.60. The Hall–Kier alpha value is -1.47. The summed E-state index contributed by atoms with van der Waals surface area (Å²) in [7, 11) is -3.20. The second-order valence-corrected chi connectivity index (χ2v) is 9.44. The van der Waals surface area contributed by atoms with Crippen molar-refractivity contribution in [2.75, 3.05) is 19.4 Å². The van der Waals surface area contributed by atoms with Crippen LogP contribution < -0.4 is 0 Å². The number of carbonyl (C=O) groups is 1. The zero-order chi connectivity index (χ0) is 19.8. The first-order valence-corrected chi connectivity index (χ1v) is 11.0. The van der Waals surface area contributed by atoms with Gasteiger partial charge < -0.3 is 18.0 Å². The quantitative estimate of drug-likeness (QED) is 0.440. The standard InChI is InChI=1S/C20H32O5Si/c1-8-17-13-11-12-14-18(17)16(4)25-26(23-9-2,24-10-3)15-22-19(21)20(5,6)7/h8,11-14,16H,1,9-10,15H2,2-7H3. The SMILES string of the molecule is C=Cc1ccccc1C(C)O[Si](COC(=O)C(C)(C)C)(OCC)OCC. The van der Waals surface area contributed by atoms with Gasteiger partial charge >= 0.3 is 14.8 Å². The van der Waals surface area contributed by atoms with Crippen LogP contribution in [-0.4, -0.2) is 34.2 Å². The molecule has 1 atom stereocenters. The molecule has 6 heteroatoms. The summed E-state index contributed by atoms with van der Waals surface area (Å²) in [5, 5.41) is 0. The molecule has 0 saturated heterocycles. The van der Waals surface area contributed by atoms with Crippen molar-refractivity contribution >= 4 is 20.8 Å². The highest BCUT2D eigenvalue weighted by Gasteiger charge is 2.45. The van der Waals surface area contributed by atoms with E-state index in [4.69, 9.17) is 18.0 Å². The normalized spacial score (nSPS) is 13.3. The molecule has 1 aromatic rings. The highest BCUT2D eigenvalue weighted by atomic mass is 28.4. The van der Waals surface area contributed by atoms with Gasteiger partial charge in [0.1, 0.15) is 0 Å². The van der Waals surface area contributed by atoms with E-state index in [1.165, 1.54) is 0 Å². The Labute approximate surface area is 158 Å². The molecule has 0 saturated carbocycles. The van der Waals surface area contributed by atoms with E-state index in [0.29, 0.717) is 13.2 Å². The first kappa shape index (κ1) is 22.6. The number of hydrogen-bond donors (Lipinski definition) is 0. The van der Waals surface area contributed by atoms with E-state index in [0.717, 1.165) is 11.1 Å². The van der Waals surface area contributed by atoms with Gasteiger partial charge in [-0.3, -0.25) is 4.79 Å². The lowest BCUT2D eigenvalue weighted by Crippen LogP contribution is -2.52. The fourth-order valence-electron chi connectivity index (χ4n) is 2.44. The van der Waals surface area contributed by atoms with Crippen LogP contribution in [0.2, 0.25) is 0 Å². The number of hydrogen-bond acceptors (Lipinski definition) is 5. The maximum absolute atomic E-state index is 12.2. The molecular weight excluding hydrogens is 348 g/mol. The largest absolute Gasteiger partial charge is 0.541 e. The molecule has 0 aliphatic carbocycles. The second kappa shape index (κ2) is 10.0. The molecule has 1 rings (SSSR count). The van der Waals surface area contributed by atoms with Crippen LogP contribution in [0.25, 0.3) is 6.08 Å². The van der Waals surface area contributed by atoms with E-state index in [9.17, 15) is 4.79 Å². The number of rotatable bonds is 10. The maximum Gasteiger partial charge on any atom is 0.541 e. The van der Waals surface area contributed by atoms with E-state index in [1.807, 2.05) is 65.8 Å². The summed E-state index contributed by atoms with van der Waals surface area (Å²) in [6.45, 7) is 15.8. The average molecular weight is 381 g/mol. The molecule has 0 aromatic heterocycles. The van der Waals surface area contributed by atoms with Crippen LogP contribution >= 0.6 is 0 Å². The lowest BCUT2D eigenvalue weighted by Gasteiger charge is -2.32. The van der Waals surface area contributed by atoms with Crippen LogP contribution in [0.3, 0.4) is 0 Å². The summed E-state index contributed by atoms with van der Waals surface area (Å²) in [6, 6.07) is 7.87. The van der Waals surface area contributed by atoms with Gasteiger partial charge in [-0.2, -0.15) is 0 Å². The Morgan fingerprint density at radius 1 is 1.19 bits per heavy atom. The molecule has 0 radical (unpaired) electrons. The summed E-state index contributed by atoms with van der Waals surface area (Å²) in [6.07, 6.45) is 1.49. The van der Waals surface area contributed by atoms with Gasteiger partial charge in [0.2, 0.25) is 0 Å². The van der Waals surface area contributed by atoms with Crippen molar-refractivity contribution in [2.45, 2.75) is 47.6 Å². The lowest BCUT2D eigenvalue weighted by molar-refractivity contribution is -0.153. The zero-order valence-electron chi connectivity index (χ0n) is 16.8. The molecule has 0 bridgehead atoms. The molecule has 0 fully saturated rings. The van der Waals surface area contributed by atoms with Gasteiger partial charge in [-0.1, -0.05) is 36.9 Å². The molecular formula is C20H32O5Si. The minimum atomic E-state index is -3.20. The van der Waals surface area contributed by atoms with Crippen LogP contribution in [0, 0.1) is 5.41 Å². The average Bonchev–Trinajstić information content (AvgIpc) is 2.59. The van der Waals surface area contributed by atoms with Gasteiger partial charge in [0.05, 0.1) is 11.5 Å². The van der Waals surface area contributed by atoms with E-state index in [2.05, 4.69) is 6.58 Å². The third kappa shape index (κ3) is 6.36. The summed E-state index contributed by atoms with van der Waals surface area (Å²) in [5.74, 6) is -0.309. The molecule has 0 aliphatic heterocycles. The van der Waals surface area contributed by atoms with Crippen molar-refractivity contribution in [3.8, 4) is 0 Å². The fourth-order valence-corrected chi connectivity index (χ4v) is 4.74. The number of esters is 1. The van der Waals surface area contributed by atoms with Gasteiger partial charge in [0, 0.05) is 13.2 Å². The first-order chi connectivity index (χ1) is 12.2. The zero-order valence-corrected chi connectivity index (χ0v) is 17.8. The Bertz CT molecular complexity index is 588. The predicted molar refractivity (Wildman–Crippen MR) is 105 cm³/mol. The smallest absolute Gasteiger partial charge is 0.461 e. The first-order valence-electron chi connectivity index (χ1n) is 9.03. The topological polar surface area (TPSA) is 54.0 Å². The van der Waals surface area contributed by atoms with Gasteiger partial charge in [0.25, 0.3) is 0 Å². The molecule has 26 heavy (non-hydrogen) atoms. The van der Waals surface area contributed by atoms with Crippen LogP contribution in [0.5, 0.6) is 0 Å². The molecule has 146 valence electrons. The van der Waals surface area contributed by atoms with Crippen LogP contribution in [0.15, 0.2) is 30.8 Å². The number of carbonyl (C=O) groups excluding carboxylic acids is 1. The Morgan fingerprint density at radius 2 is 1.77 bits per heavy atom. The van der Waals surface area contributed by atoms with Crippen LogP contribution in [0.1, 0.15) is 58.8 Å². The van der Waals surface area contributed by atoms with Crippen LogP contribution in [0.4, 0.5) is 0 Å². The molecule has 5 nitrogen and oxygen atoms in total. The maximum atomic E-state index is 12.2. The summed E-state index contributed by atoms with van der Waals surface area (Å²) in [5.41, 5.74) is 1.38. The van der Waals surface area contributed by atoms with Gasteiger partial charge in [0.15, 0.2) is 6.23 Å². The second-order valence-electron chi connectivity index (χ2n) is 6.97. The van der Waals surface area contributed by atoms with E-state index < -0.39 is 14.2 Å². The van der Waals surface area contributed by atoms with Gasteiger partial charge in [-0.25, -0.2) is 0 Å². The highest BCUT2D eigenvalue weighted by Crippen LogP contribution is 2.27. The Balaban J connectivity index is 3.04. The molecule has 0 N–H and O–H groups in total. The molecule has 1 unspecified atom stereocenters. The van der Waals surface area contributed by atoms with Crippen molar-refractivity contribution in [3.63, 3.8) is 0 Å². The Kier molecular flexibility index (Phi) is 8.69. The van der Waals surface area contributed by atoms with Crippen LogP contribution in [-0.2, 0) is 22.8 Å². The molecule has 0 spiro atoms. The summed E-state index contributed by atoms with van der Waals surface area (Å²) in [4.78, 5) is 12.2. The van der Waals surface area contributed by atoms with Gasteiger partial charge in [-0.15, -0.1) is 0 Å². The van der Waals surface area contributed by atoms with Crippen molar-refractivity contribution < 1.29 is 22.8 Å². The molecule has 0 heterocycles. The monoisotopic (exact) mass is 380 g/mol. The number of ether oxygens (including phenoxy) is 1.